The maximum atomic E-state index is 13.6. The highest BCUT2D eigenvalue weighted by molar-refractivity contribution is 7.92. The monoisotopic (exact) mass is 341 g/mol. The van der Waals surface area contributed by atoms with Crippen LogP contribution >= 0.6 is 0 Å². The number of sulfonamides is 1. The number of anilines is 1. The van der Waals surface area contributed by atoms with E-state index in [1.165, 1.54) is 18.2 Å². The van der Waals surface area contributed by atoms with Gasteiger partial charge >= 0.3 is 5.97 Å². The van der Waals surface area contributed by atoms with Crippen molar-refractivity contribution in [1.29, 1.82) is 0 Å². The molecule has 0 unspecified atom stereocenters. The fourth-order valence-corrected chi connectivity index (χ4v) is 2.91. The van der Waals surface area contributed by atoms with Crippen molar-refractivity contribution in [2.75, 3.05) is 11.3 Å². The molecule has 0 aliphatic carbocycles. The Morgan fingerprint density at radius 1 is 1.13 bits per heavy atom. The first-order valence-corrected chi connectivity index (χ1v) is 8.07. The van der Waals surface area contributed by atoms with Gasteiger partial charge in [0.2, 0.25) is 0 Å². The van der Waals surface area contributed by atoms with E-state index >= 15 is 0 Å². The van der Waals surface area contributed by atoms with Gasteiger partial charge in [-0.25, -0.2) is 22.0 Å². The predicted molar refractivity (Wildman–Crippen MR) is 79.6 cm³/mol. The Bertz CT molecular complexity index is 817. The lowest BCUT2D eigenvalue weighted by Crippen LogP contribution is -2.16. The van der Waals surface area contributed by atoms with Crippen molar-refractivity contribution in [1.82, 2.24) is 0 Å². The van der Waals surface area contributed by atoms with Crippen LogP contribution in [0.2, 0.25) is 0 Å². The van der Waals surface area contributed by atoms with Crippen molar-refractivity contribution in [3.63, 3.8) is 0 Å². The van der Waals surface area contributed by atoms with Gasteiger partial charge in [-0.3, -0.25) is 4.72 Å². The van der Waals surface area contributed by atoms with Crippen LogP contribution in [0.15, 0.2) is 47.4 Å². The zero-order valence-electron chi connectivity index (χ0n) is 12.0. The van der Waals surface area contributed by atoms with Crippen molar-refractivity contribution in [3.8, 4) is 0 Å². The van der Waals surface area contributed by atoms with Crippen molar-refractivity contribution < 1.29 is 26.7 Å². The fraction of sp³-hybridized carbons (Fsp3) is 0.133. The van der Waals surface area contributed by atoms with E-state index in [-0.39, 0.29) is 17.1 Å². The molecule has 0 radical (unpaired) electrons. The van der Waals surface area contributed by atoms with Crippen LogP contribution in [0.3, 0.4) is 0 Å². The average molecular weight is 341 g/mol. The summed E-state index contributed by atoms with van der Waals surface area (Å²) in [5.41, 5.74) is -0.766. The van der Waals surface area contributed by atoms with Gasteiger partial charge in [-0.15, -0.1) is 0 Å². The summed E-state index contributed by atoms with van der Waals surface area (Å²) in [4.78, 5) is 11.3. The molecule has 0 fully saturated rings. The molecule has 0 saturated heterocycles. The van der Waals surface area contributed by atoms with Gasteiger partial charge in [0.05, 0.1) is 17.1 Å². The number of hydrogen-bond donors (Lipinski definition) is 1. The molecule has 0 amide bonds. The van der Waals surface area contributed by atoms with Crippen LogP contribution < -0.4 is 4.72 Å². The van der Waals surface area contributed by atoms with Crippen LogP contribution in [0.1, 0.15) is 17.3 Å². The highest BCUT2D eigenvalue weighted by atomic mass is 32.2. The Labute approximate surface area is 132 Å². The van der Waals surface area contributed by atoms with Crippen molar-refractivity contribution in [2.24, 2.45) is 0 Å². The second-order valence-corrected chi connectivity index (χ2v) is 6.13. The summed E-state index contributed by atoms with van der Waals surface area (Å²) < 4.78 is 58.2. The number of carbonyl (C=O) groups excluding carboxylic acids is 1. The van der Waals surface area contributed by atoms with Gasteiger partial charge in [0, 0.05) is 0 Å². The molecule has 5 nitrogen and oxygen atoms in total. The van der Waals surface area contributed by atoms with Crippen LogP contribution in [-0.4, -0.2) is 21.0 Å². The van der Waals surface area contributed by atoms with E-state index in [0.717, 1.165) is 24.3 Å². The number of rotatable bonds is 5. The van der Waals surface area contributed by atoms with E-state index in [9.17, 15) is 22.0 Å². The third-order valence-electron chi connectivity index (χ3n) is 2.85. The molecule has 1 N–H and O–H groups in total. The first kappa shape index (κ1) is 16.9. The molecule has 8 heteroatoms. The van der Waals surface area contributed by atoms with E-state index in [2.05, 4.69) is 0 Å². The van der Waals surface area contributed by atoms with Crippen molar-refractivity contribution >= 4 is 21.7 Å². The molecule has 0 bridgehead atoms. The molecule has 23 heavy (non-hydrogen) atoms. The van der Waals surface area contributed by atoms with Crippen LogP contribution in [-0.2, 0) is 14.8 Å². The van der Waals surface area contributed by atoms with E-state index in [1.54, 1.807) is 6.92 Å². The standard InChI is InChI=1S/C15H13F2NO4S/c1-2-22-15(19)10-5-3-6-11(9-10)23(20,21)18-14-12(16)7-4-8-13(14)17/h3-9,18H,2H2,1H3. The lowest BCUT2D eigenvalue weighted by atomic mass is 10.2. The third kappa shape index (κ3) is 3.84. The average Bonchev–Trinajstić information content (AvgIpc) is 2.51. The first-order chi connectivity index (χ1) is 10.8. The number of benzene rings is 2. The second kappa shape index (κ2) is 6.74. The summed E-state index contributed by atoms with van der Waals surface area (Å²) in [5.74, 6) is -2.79. The molecule has 0 aromatic heterocycles. The van der Waals surface area contributed by atoms with E-state index in [0.29, 0.717) is 0 Å². The molecule has 0 saturated carbocycles. The largest absolute Gasteiger partial charge is 0.462 e. The third-order valence-corrected chi connectivity index (χ3v) is 4.20. The molecule has 2 aromatic carbocycles. The van der Waals surface area contributed by atoms with Crippen LogP contribution in [0.25, 0.3) is 0 Å². The Kier molecular flexibility index (Phi) is 4.95. The van der Waals surface area contributed by atoms with Gasteiger partial charge in [0.15, 0.2) is 0 Å². The number of nitrogens with one attached hydrogen (secondary N) is 1. The Hall–Kier alpha value is -2.48. The van der Waals surface area contributed by atoms with Gasteiger partial charge in [-0.05, 0) is 37.3 Å². The summed E-state index contributed by atoms with van der Waals surface area (Å²) in [6.07, 6.45) is 0. The lowest BCUT2D eigenvalue weighted by Gasteiger charge is -2.10. The van der Waals surface area contributed by atoms with E-state index in [1.807, 2.05) is 4.72 Å². The number of halogens is 2. The Balaban J connectivity index is 2.37. The van der Waals surface area contributed by atoms with Crippen molar-refractivity contribution in [2.45, 2.75) is 11.8 Å². The quantitative estimate of drug-likeness (QED) is 0.849. The Morgan fingerprint density at radius 2 is 1.74 bits per heavy atom. The second-order valence-electron chi connectivity index (χ2n) is 4.45. The van der Waals surface area contributed by atoms with E-state index < -0.39 is 33.3 Å². The molecular formula is C15H13F2NO4S. The van der Waals surface area contributed by atoms with Gasteiger partial charge in [0.25, 0.3) is 10.0 Å². The molecular weight excluding hydrogens is 328 g/mol. The van der Waals surface area contributed by atoms with Crippen LogP contribution in [0, 0.1) is 11.6 Å². The minimum absolute atomic E-state index is 0.0173. The van der Waals surface area contributed by atoms with Gasteiger partial charge in [-0.2, -0.15) is 0 Å². The number of esters is 1. The summed E-state index contributed by atoms with van der Waals surface area (Å²) in [6.45, 7) is 1.75. The van der Waals surface area contributed by atoms with Crippen molar-refractivity contribution in [3.05, 3.63) is 59.7 Å². The number of ether oxygens (including phenoxy) is 1. The first-order valence-electron chi connectivity index (χ1n) is 6.59. The Morgan fingerprint density at radius 3 is 2.35 bits per heavy atom. The van der Waals surface area contributed by atoms with Gasteiger partial charge in [0.1, 0.15) is 17.3 Å². The summed E-state index contributed by atoms with van der Waals surface area (Å²) in [6, 6.07) is 7.94. The molecule has 0 atom stereocenters. The minimum atomic E-state index is -4.27. The lowest BCUT2D eigenvalue weighted by molar-refractivity contribution is 0.0526. The molecule has 122 valence electrons. The van der Waals surface area contributed by atoms with Crippen LogP contribution in [0.4, 0.5) is 14.5 Å². The van der Waals surface area contributed by atoms with Gasteiger partial charge in [-0.1, -0.05) is 12.1 Å². The summed E-state index contributed by atoms with van der Waals surface area (Å²) >= 11 is 0. The summed E-state index contributed by atoms with van der Waals surface area (Å²) in [5, 5.41) is 0. The van der Waals surface area contributed by atoms with Crippen LogP contribution in [0.5, 0.6) is 0 Å². The zero-order chi connectivity index (χ0) is 17.0. The number of hydrogen-bond acceptors (Lipinski definition) is 4. The maximum Gasteiger partial charge on any atom is 0.338 e. The fourth-order valence-electron chi connectivity index (χ4n) is 1.79. The highest BCUT2D eigenvalue weighted by Gasteiger charge is 2.20. The van der Waals surface area contributed by atoms with Gasteiger partial charge < -0.3 is 4.74 Å². The molecule has 0 spiro atoms. The number of carbonyl (C=O) groups is 1. The smallest absolute Gasteiger partial charge is 0.338 e. The number of para-hydroxylation sites is 1. The minimum Gasteiger partial charge on any atom is -0.462 e. The molecule has 2 aromatic rings. The van der Waals surface area contributed by atoms with E-state index in [4.69, 9.17) is 4.74 Å². The zero-order valence-corrected chi connectivity index (χ0v) is 12.9. The normalized spacial score (nSPS) is 11.1. The topological polar surface area (TPSA) is 72.5 Å². The molecule has 2 rings (SSSR count). The highest BCUT2D eigenvalue weighted by Crippen LogP contribution is 2.22. The predicted octanol–water partition coefficient (Wildman–Crippen LogP) is 2.94. The molecule has 0 heterocycles. The maximum absolute atomic E-state index is 13.6. The SMILES string of the molecule is CCOC(=O)c1cccc(S(=O)(=O)Nc2c(F)cccc2F)c1. The summed E-state index contributed by atoms with van der Waals surface area (Å²) in [7, 11) is -4.27. The molecule has 0 aliphatic rings. The molecule has 0 aliphatic heterocycles.